The van der Waals surface area contributed by atoms with Crippen molar-refractivity contribution >= 4 is 37.5 Å². The van der Waals surface area contributed by atoms with E-state index >= 15 is 0 Å². The minimum atomic E-state index is -3.89. The van der Waals surface area contributed by atoms with E-state index in [1.165, 1.54) is 26.3 Å². The molecule has 0 aliphatic heterocycles. The van der Waals surface area contributed by atoms with Crippen molar-refractivity contribution in [2.75, 3.05) is 33.0 Å². The molecule has 0 aliphatic carbocycles. The molecule has 3 N–H and O–H groups in total. The third kappa shape index (κ3) is 3.86. The van der Waals surface area contributed by atoms with Gasteiger partial charge in [0.15, 0.2) is 0 Å². The molecule has 0 aromatic heterocycles. The Balaban J connectivity index is 3.34. The molecule has 0 radical (unpaired) electrons. The Labute approximate surface area is 132 Å². The largest absolute Gasteiger partial charge is 0.495 e. The Kier molecular flexibility index (Phi) is 5.99. The SMILES string of the molecule is CCN(CC(=O)NC)S(=O)(=O)c1cc(N)c(Br)cc1OC. The van der Waals surface area contributed by atoms with Crippen LogP contribution in [0.3, 0.4) is 0 Å². The van der Waals surface area contributed by atoms with Gasteiger partial charge in [-0.25, -0.2) is 8.42 Å². The molecule has 0 spiro atoms. The molecule has 0 bridgehead atoms. The fourth-order valence-corrected chi connectivity index (χ4v) is 3.56. The van der Waals surface area contributed by atoms with Crippen molar-refractivity contribution in [2.45, 2.75) is 11.8 Å². The quantitative estimate of drug-likeness (QED) is 0.711. The van der Waals surface area contributed by atoms with Gasteiger partial charge in [0.2, 0.25) is 15.9 Å². The molecule has 0 aliphatic rings. The van der Waals surface area contributed by atoms with Crippen molar-refractivity contribution in [1.29, 1.82) is 0 Å². The number of carbonyl (C=O) groups excluding carboxylic acids is 1. The zero-order chi connectivity index (χ0) is 16.2. The van der Waals surface area contributed by atoms with Crippen LogP contribution in [0.4, 0.5) is 5.69 Å². The Hall–Kier alpha value is -1.32. The number of hydrogen-bond acceptors (Lipinski definition) is 5. The fraction of sp³-hybridized carbons (Fsp3) is 0.417. The van der Waals surface area contributed by atoms with E-state index in [1.54, 1.807) is 6.92 Å². The maximum Gasteiger partial charge on any atom is 0.247 e. The van der Waals surface area contributed by atoms with Gasteiger partial charge in [0, 0.05) is 23.8 Å². The molecule has 1 aromatic rings. The standard InChI is InChI=1S/C12H18BrN3O4S/c1-4-16(7-12(17)15-2)21(18,19)11-6-9(14)8(13)5-10(11)20-3/h5-6H,4,7,14H2,1-3H3,(H,15,17). The van der Waals surface area contributed by atoms with Crippen LogP contribution in [0.1, 0.15) is 6.92 Å². The van der Waals surface area contributed by atoms with Crippen LogP contribution < -0.4 is 15.8 Å². The molecule has 21 heavy (non-hydrogen) atoms. The number of carbonyl (C=O) groups is 1. The van der Waals surface area contributed by atoms with Gasteiger partial charge in [0.25, 0.3) is 0 Å². The first kappa shape index (κ1) is 17.7. The van der Waals surface area contributed by atoms with Gasteiger partial charge < -0.3 is 15.8 Å². The van der Waals surface area contributed by atoms with E-state index in [4.69, 9.17) is 10.5 Å². The zero-order valence-electron chi connectivity index (χ0n) is 12.0. The summed E-state index contributed by atoms with van der Waals surface area (Å²) >= 11 is 3.22. The topological polar surface area (TPSA) is 102 Å². The van der Waals surface area contributed by atoms with Gasteiger partial charge in [-0.2, -0.15) is 4.31 Å². The van der Waals surface area contributed by atoms with E-state index in [1.807, 2.05) is 0 Å². The number of ether oxygens (including phenoxy) is 1. The molecule has 0 unspecified atom stereocenters. The first-order valence-electron chi connectivity index (χ1n) is 6.11. The second-order valence-electron chi connectivity index (χ2n) is 4.13. The molecular weight excluding hydrogens is 362 g/mol. The number of rotatable bonds is 6. The second-order valence-corrected chi connectivity index (χ2v) is 6.89. The molecule has 0 saturated carbocycles. The maximum atomic E-state index is 12.7. The summed E-state index contributed by atoms with van der Waals surface area (Å²) < 4.78 is 32.0. The Morgan fingerprint density at radius 1 is 1.48 bits per heavy atom. The number of nitrogens with two attached hydrogens (primary N) is 1. The molecular formula is C12H18BrN3O4S. The molecule has 0 fully saturated rings. The lowest BCUT2D eigenvalue weighted by molar-refractivity contribution is -0.120. The van der Waals surface area contributed by atoms with Crippen molar-refractivity contribution in [2.24, 2.45) is 0 Å². The van der Waals surface area contributed by atoms with Crippen molar-refractivity contribution < 1.29 is 17.9 Å². The molecule has 0 saturated heterocycles. The summed E-state index contributed by atoms with van der Waals surface area (Å²) in [5.41, 5.74) is 6.01. The number of likely N-dealkylation sites (N-methyl/N-ethyl adjacent to an activating group) is 2. The first-order chi connectivity index (χ1) is 9.77. The van der Waals surface area contributed by atoms with E-state index in [0.29, 0.717) is 4.47 Å². The number of methoxy groups -OCH3 is 1. The summed E-state index contributed by atoms with van der Waals surface area (Å²) in [6.45, 7) is 1.53. The monoisotopic (exact) mass is 379 g/mol. The average Bonchev–Trinajstić information content (AvgIpc) is 2.46. The summed E-state index contributed by atoms with van der Waals surface area (Å²) in [6, 6.07) is 2.79. The highest BCUT2D eigenvalue weighted by atomic mass is 79.9. The molecule has 0 heterocycles. The third-order valence-electron chi connectivity index (χ3n) is 2.85. The number of nitrogen functional groups attached to an aromatic ring is 1. The highest BCUT2D eigenvalue weighted by molar-refractivity contribution is 9.10. The van der Waals surface area contributed by atoms with Crippen molar-refractivity contribution in [3.05, 3.63) is 16.6 Å². The molecule has 9 heteroatoms. The molecule has 0 atom stereocenters. The van der Waals surface area contributed by atoms with Crippen LogP contribution >= 0.6 is 15.9 Å². The number of hydrogen-bond donors (Lipinski definition) is 2. The van der Waals surface area contributed by atoms with Gasteiger partial charge in [0.05, 0.1) is 13.7 Å². The molecule has 1 amide bonds. The van der Waals surface area contributed by atoms with E-state index in [2.05, 4.69) is 21.2 Å². The smallest absolute Gasteiger partial charge is 0.247 e. The van der Waals surface area contributed by atoms with Crippen LogP contribution in [-0.2, 0) is 14.8 Å². The number of benzene rings is 1. The van der Waals surface area contributed by atoms with Gasteiger partial charge in [-0.15, -0.1) is 0 Å². The normalized spacial score (nSPS) is 11.5. The number of halogens is 1. The molecule has 118 valence electrons. The van der Waals surface area contributed by atoms with E-state index in [-0.39, 0.29) is 29.4 Å². The van der Waals surface area contributed by atoms with E-state index in [9.17, 15) is 13.2 Å². The number of amides is 1. The fourth-order valence-electron chi connectivity index (χ4n) is 1.66. The highest BCUT2D eigenvalue weighted by Crippen LogP contribution is 2.33. The lowest BCUT2D eigenvalue weighted by Crippen LogP contribution is -2.39. The van der Waals surface area contributed by atoms with Crippen LogP contribution in [0.15, 0.2) is 21.5 Å². The van der Waals surface area contributed by atoms with Crippen molar-refractivity contribution in [3.63, 3.8) is 0 Å². The van der Waals surface area contributed by atoms with Crippen molar-refractivity contribution in [1.82, 2.24) is 9.62 Å². The third-order valence-corrected chi connectivity index (χ3v) is 5.48. The number of nitrogens with zero attached hydrogens (tertiary/aromatic N) is 1. The second kappa shape index (κ2) is 7.10. The van der Waals surface area contributed by atoms with Crippen molar-refractivity contribution in [3.8, 4) is 5.75 Å². The van der Waals surface area contributed by atoms with E-state index in [0.717, 1.165) is 4.31 Å². The lowest BCUT2D eigenvalue weighted by atomic mass is 10.3. The van der Waals surface area contributed by atoms with Crippen LogP contribution in [-0.4, -0.2) is 45.9 Å². The number of sulfonamides is 1. The highest BCUT2D eigenvalue weighted by Gasteiger charge is 2.29. The summed E-state index contributed by atoms with van der Waals surface area (Å²) in [6.07, 6.45) is 0. The average molecular weight is 380 g/mol. The predicted molar refractivity (Wildman–Crippen MR) is 83.6 cm³/mol. The van der Waals surface area contributed by atoms with Crippen LogP contribution in [0.25, 0.3) is 0 Å². The number of anilines is 1. The molecule has 7 nitrogen and oxygen atoms in total. The summed E-state index contributed by atoms with van der Waals surface area (Å²) in [7, 11) is -1.08. The van der Waals surface area contributed by atoms with Crippen LogP contribution in [0, 0.1) is 0 Å². The van der Waals surface area contributed by atoms with Crippen LogP contribution in [0.2, 0.25) is 0 Å². The van der Waals surface area contributed by atoms with Gasteiger partial charge in [-0.1, -0.05) is 6.92 Å². The van der Waals surface area contributed by atoms with Crippen LogP contribution in [0.5, 0.6) is 5.75 Å². The summed E-state index contributed by atoms with van der Waals surface area (Å²) in [4.78, 5) is 11.4. The first-order valence-corrected chi connectivity index (χ1v) is 8.35. The minimum Gasteiger partial charge on any atom is -0.495 e. The molecule has 1 rings (SSSR count). The molecule has 1 aromatic carbocycles. The summed E-state index contributed by atoms with van der Waals surface area (Å²) in [5, 5.41) is 2.39. The van der Waals surface area contributed by atoms with E-state index < -0.39 is 15.9 Å². The summed E-state index contributed by atoms with van der Waals surface area (Å²) in [5.74, 6) is -0.240. The predicted octanol–water partition coefficient (Wildman–Crippen LogP) is 0.797. The van der Waals surface area contributed by atoms with Gasteiger partial charge in [-0.3, -0.25) is 4.79 Å². The van der Waals surface area contributed by atoms with Gasteiger partial charge in [0.1, 0.15) is 10.6 Å². The Morgan fingerprint density at radius 3 is 2.57 bits per heavy atom. The maximum absolute atomic E-state index is 12.7. The Bertz CT molecular complexity index is 634. The van der Waals surface area contributed by atoms with Gasteiger partial charge in [-0.05, 0) is 28.1 Å². The number of nitrogens with one attached hydrogen (secondary N) is 1. The lowest BCUT2D eigenvalue weighted by Gasteiger charge is -2.21. The zero-order valence-corrected chi connectivity index (χ0v) is 14.4. The Morgan fingerprint density at radius 2 is 2.10 bits per heavy atom. The van der Waals surface area contributed by atoms with Gasteiger partial charge >= 0.3 is 0 Å². The minimum absolute atomic E-state index is 0.0727.